The van der Waals surface area contributed by atoms with Crippen molar-refractivity contribution in [1.29, 1.82) is 0 Å². The van der Waals surface area contributed by atoms with Crippen LogP contribution in [0.5, 0.6) is 5.75 Å². The number of aromatic nitrogens is 1. The quantitative estimate of drug-likeness (QED) is 0.427. The average molecular weight is 405 g/mol. The maximum Gasteiger partial charge on any atom is 0.279 e. The molecule has 1 heterocycles. The number of pyridine rings is 1. The first-order valence-corrected chi connectivity index (χ1v) is 9.10. The van der Waals surface area contributed by atoms with Crippen LogP contribution in [0.4, 0.5) is 0 Å². The van der Waals surface area contributed by atoms with E-state index >= 15 is 0 Å². The molecule has 3 rings (SSSR count). The molecular weight excluding hydrogens is 386 g/mol. The monoisotopic (exact) mass is 405 g/mol. The number of ketones is 1. The molecule has 0 saturated heterocycles. The zero-order valence-corrected chi connectivity index (χ0v) is 16.0. The fourth-order valence-corrected chi connectivity index (χ4v) is 2.59. The van der Waals surface area contributed by atoms with Crippen LogP contribution in [0.2, 0.25) is 0 Å². The van der Waals surface area contributed by atoms with Gasteiger partial charge in [-0.2, -0.15) is 0 Å². The molecule has 0 unspecified atom stereocenters. The lowest BCUT2D eigenvalue weighted by Gasteiger charge is -2.15. The highest BCUT2D eigenvalue weighted by Gasteiger charge is 2.17. The van der Waals surface area contributed by atoms with Crippen molar-refractivity contribution in [2.24, 2.45) is 0 Å². The number of rotatable bonds is 6. The number of hydrogen-bond donors (Lipinski definition) is 3. The molecule has 30 heavy (non-hydrogen) atoms. The van der Waals surface area contributed by atoms with Crippen molar-refractivity contribution in [1.82, 2.24) is 15.8 Å². The number of amides is 2. The number of hydrazine groups is 1. The van der Waals surface area contributed by atoms with Crippen LogP contribution in [0.25, 0.3) is 0 Å². The summed E-state index contributed by atoms with van der Waals surface area (Å²) >= 11 is 0. The van der Waals surface area contributed by atoms with Gasteiger partial charge in [0.15, 0.2) is 11.9 Å². The standard InChI is InChI=1S/C22H19N3O5/c1-14(20(27)24-25-22(29)18-8-5-13-23-21(18)28)30-17-11-9-16(10-12-17)19(26)15-6-3-2-4-7-15/h2-14H,1H3,(H,23,28)(H,24,27)(H,25,29)/t14-/m0/s1. The van der Waals surface area contributed by atoms with Crippen molar-refractivity contribution in [3.8, 4) is 5.75 Å². The molecule has 3 aromatic rings. The van der Waals surface area contributed by atoms with Crippen LogP contribution in [0.15, 0.2) is 77.7 Å². The molecule has 8 nitrogen and oxygen atoms in total. The normalized spacial score (nSPS) is 11.2. The number of hydrogen-bond acceptors (Lipinski definition) is 5. The molecule has 152 valence electrons. The number of nitrogens with one attached hydrogen (secondary N) is 3. The lowest BCUT2D eigenvalue weighted by atomic mass is 10.0. The maximum atomic E-state index is 12.4. The van der Waals surface area contributed by atoms with Crippen LogP contribution in [0.3, 0.4) is 0 Å². The Morgan fingerprint density at radius 2 is 1.53 bits per heavy atom. The molecule has 1 aromatic heterocycles. The predicted octanol–water partition coefficient (Wildman–Crippen LogP) is 1.83. The molecule has 0 fully saturated rings. The summed E-state index contributed by atoms with van der Waals surface area (Å²) < 4.78 is 5.54. The van der Waals surface area contributed by atoms with Crippen molar-refractivity contribution in [2.45, 2.75) is 13.0 Å². The summed E-state index contributed by atoms with van der Waals surface area (Å²) in [4.78, 5) is 50.4. The van der Waals surface area contributed by atoms with Gasteiger partial charge in [-0.1, -0.05) is 30.3 Å². The molecule has 2 aromatic carbocycles. The number of benzene rings is 2. The Morgan fingerprint density at radius 1 is 0.867 bits per heavy atom. The third-order valence-corrected chi connectivity index (χ3v) is 4.20. The lowest BCUT2D eigenvalue weighted by molar-refractivity contribution is -0.128. The van der Waals surface area contributed by atoms with E-state index < -0.39 is 23.5 Å². The maximum absolute atomic E-state index is 12.4. The van der Waals surface area contributed by atoms with Crippen molar-refractivity contribution in [3.05, 3.63) is 100.0 Å². The van der Waals surface area contributed by atoms with E-state index in [-0.39, 0.29) is 11.3 Å². The number of H-pyrrole nitrogens is 1. The smallest absolute Gasteiger partial charge is 0.279 e. The van der Waals surface area contributed by atoms with Gasteiger partial charge in [-0.15, -0.1) is 0 Å². The van der Waals surface area contributed by atoms with Gasteiger partial charge in [0, 0.05) is 17.3 Å². The van der Waals surface area contributed by atoms with Gasteiger partial charge in [-0.25, -0.2) is 0 Å². The molecule has 3 N–H and O–H groups in total. The van der Waals surface area contributed by atoms with Gasteiger partial charge in [-0.3, -0.25) is 30.0 Å². The zero-order valence-electron chi connectivity index (χ0n) is 16.0. The molecule has 1 atom stereocenters. The minimum Gasteiger partial charge on any atom is -0.481 e. The van der Waals surface area contributed by atoms with Crippen molar-refractivity contribution in [3.63, 3.8) is 0 Å². The van der Waals surface area contributed by atoms with E-state index in [0.29, 0.717) is 16.9 Å². The fourth-order valence-electron chi connectivity index (χ4n) is 2.59. The van der Waals surface area contributed by atoms with Gasteiger partial charge >= 0.3 is 0 Å². The van der Waals surface area contributed by atoms with Gasteiger partial charge < -0.3 is 9.72 Å². The molecular formula is C22H19N3O5. The van der Waals surface area contributed by atoms with E-state index in [1.54, 1.807) is 48.5 Å². The van der Waals surface area contributed by atoms with Crippen molar-refractivity contribution >= 4 is 17.6 Å². The van der Waals surface area contributed by atoms with Gasteiger partial charge in [-0.05, 0) is 43.3 Å². The van der Waals surface area contributed by atoms with E-state index in [1.807, 2.05) is 6.07 Å². The zero-order chi connectivity index (χ0) is 21.5. The second kappa shape index (κ2) is 9.33. The predicted molar refractivity (Wildman–Crippen MR) is 109 cm³/mol. The van der Waals surface area contributed by atoms with Crippen LogP contribution in [0, 0.1) is 0 Å². The van der Waals surface area contributed by atoms with E-state index in [1.165, 1.54) is 25.3 Å². The SMILES string of the molecule is C[C@H](Oc1ccc(C(=O)c2ccccc2)cc1)C(=O)NNC(=O)c1ccc[nH]c1=O. The number of ether oxygens (including phenoxy) is 1. The van der Waals surface area contributed by atoms with Crippen LogP contribution < -0.4 is 21.1 Å². The Morgan fingerprint density at radius 3 is 2.20 bits per heavy atom. The molecule has 0 saturated carbocycles. The summed E-state index contributed by atoms with van der Waals surface area (Å²) in [7, 11) is 0. The third kappa shape index (κ3) is 4.99. The van der Waals surface area contributed by atoms with Crippen molar-refractivity contribution in [2.75, 3.05) is 0 Å². The minimum atomic E-state index is -0.935. The Hall–Kier alpha value is -4.20. The molecule has 0 aliphatic rings. The first-order valence-electron chi connectivity index (χ1n) is 9.10. The largest absolute Gasteiger partial charge is 0.481 e. The molecule has 2 amide bonds. The van der Waals surface area contributed by atoms with E-state index in [4.69, 9.17) is 4.74 Å². The Bertz CT molecular complexity index is 1110. The molecule has 0 aliphatic carbocycles. The summed E-state index contributed by atoms with van der Waals surface area (Å²) in [5, 5.41) is 0. The van der Waals surface area contributed by atoms with Crippen LogP contribution in [0.1, 0.15) is 33.2 Å². The van der Waals surface area contributed by atoms with Crippen LogP contribution >= 0.6 is 0 Å². The highest BCUT2D eigenvalue weighted by molar-refractivity contribution is 6.09. The Balaban J connectivity index is 1.55. The number of carbonyl (C=O) groups excluding carboxylic acids is 3. The second-order valence-corrected chi connectivity index (χ2v) is 6.34. The average Bonchev–Trinajstić information content (AvgIpc) is 2.78. The third-order valence-electron chi connectivity index (χ3n) is 4.20. The van der Waals surface area contributed by atoms with Gasteiger partial charge in [0.1, 0.15) is 11.3 Å². The Labute approximate surface area is 171 Å². The molecule has 0 bridgehead atoms. The first-order chi connectivity index (χ1) is 14.5. The fraction of sp³-hybridized carbons (Fsp3) is 0.0909. The van der Waals surface area contributed by atoms with Gasteiger partial charge in [0.25, 0.3) is 17.4 Å². The van der Waals surface area contributed by atoms with Crippen LogP contribution in [-0.4, -0.2) is 28.7 Å². The highest BCUT2D eigenvalue weighted by atomic mass is 16.5. The summed E-state index contributed by atoms with van der Waals surface area (Å²) in [5.41, 5.74) is 4.74. The van der Waals surface area contributed by atoms with E-state index in [2.05, 4.69) is 15.8 Å². The second-order valence-electron chi connectivity index (χ2n) is 6.34. The molecule has 0 aliphatic heterocycles. The van der Waals surface area contributed by atoms with E-state index in [0.717, 1.165) is 0 Å². The summed E-state index contributed by atoms with van der Waals surface area (Å²) in [5.74, 6) is -1.10. The van der Waals surface area contributed by atoms with Gasteiger partial charge in [0.05, 0.1) is 0 Å². The number of carbonyl (C=O) groups is 3. The van der Waals surface area contributed by atoms with Gasteiger partial charge in [0.2, 0.25) is 0 Å². The first kappa shape index (κ1) is 20.5. The minimum absolute atomic E-state index is 0.119. The van der Waals surface area contributed by atoms with Crippen LogP contribution in [-0.2, 0) is 4.79 Å². The number of aromatic amines is 1. The molecule has 8 heteroatoms. The van der Waals surface area contributed by atoms with Crippen molar-refractivity contribution < 1.29 is 19.1 Å². The lowest BCUT2D eigenvalue weighted by Crippen LogP contribution is -2.48. The Kier molecular flexibility index (Phi) is 6.39. The highest BCUT2D eigenvalue weighted by Crippen LogP contribution is 2.16. The summed E-state index contributed by atoms with van der Waals surface area (Å²) in [6.45, 7) is 1.50. The van der Waals surface area contributed by atoms with E-state index in [9.17, 15) is 19.2 Å². The summed E-state index contributed by atoms with van der Waals surface area (Å²) in [6, 6.07) is 18.1. The summed E-state index contributed by atoms with van der Waals surface area (Å²) in [6.07, 6.45) is 0.460. The topological polar surface area (TPSA) is 117 Å². The molecule has 0 radical (unpaired) electrons. The molecule has 0 spiro atoms.